The van der Waals surface area contributed by atoms with E-state index in [4.69, 9.17) is 4.74 Å². The number of amides is 1. The molecule has 0 aromatic heterocycles. The fourth-order valence-electron chi connectivity index (χ4n) is 2.85. The van der Waals surface area contributed by atoms with Crippen LogP contribution in [0.4, 0.5) is 0 Å². The van der Waals surface area contributed by atoms with E-state index in [1.807, 2.05) is 19.1 Å². The van der Waals surface area contributed by atoms with Gasteiger partial charge in [-0.05, 0) is 56.2 Å². The van der Waals surface area contributed by atoms with Crippen molar-refractivity contribution in [2.45, 2.75) is 58.4 Å². The van der Waals surface area contributed by atoms with Crippen molar-refractivity contribution in [2.75, 3.05) is 6.61 Å². The zero-order chi connectivity index (χ0) is 14.4. The standard InChI is InChI=1S/C17H25NO2/c1-3-7-13(2)18-17(19)12-20-16-11-6-9-14-8-4-5-10-15(14)16/h6,9,11,13H,3-5,7-8,10,12H2,1-2H3,(H,18,19)/t13-/m0/s1. The monoisotopic (exact) mass is 275 g/mol. The highest BCUT2D eigenvalue weighted by molar-refractivity contribution is 5.77. The molecule has 3 nitrogen and oxygen atoms in total. The first-order chi connectivity index (χ1) is 9.70. The number of rotatable bonds is 6. The Morgan fingerprint density at radius 3 is 2.95 bits per heavy atom. The highest BCUT2D eigenvalue weighted by atomic mass is 16.5. The van der Waals surface area contributed by atoms with E-state index in [1.165, 1.54) is 24.0 Å². The Hall–Kier alpha value is -1.51. The number of hydrogen-bond acceptors (Lipinski definition) is 2. The van der Waals surface area contributed by atoms with Gasteiger partial charge in [-0.25, -0.2) is 0 Å². The summed E-state index contributed by atoms with van der Waals surface area (Å²) in [5.74, 6) is 0.861. The quantitative estimate of drug-likeness (QED) is 0.865. The minimum absolute atomic E-state index is 0.0284. The lowest BCUT2D eigenvalue weighted by molar-refractivity contribution is -0.123. The first-order valence-corrected chi connectivity index (χ1v) is 7.73. The first kappa shape index (κ1) is 14.9. The molecule has 1 N–H and O–H groups in total. The van der Waals surface area contributed by atoms with Gasteiger partial charge in [0.25, 0.3) is 5.91 Å². The van der Waals surface area contributed by atoms with Crippen LogP contribution in [0.3, 0.4) is 0 Å². The Morgan fingerprint density at radius 1 is 1.35 bits per heavy atom. The predicted octanol–water partition coefficient (Wildman–Crippen LogP) is 3.25. The summed E-state index contributed by atoms with van der Waals surface area (Å²) in [6.45, 7) is 4.27. The van der Waals surface area contributed by atoms with Crippen LogP contribution in [0.15, 0.2) is 18.2 Å². The predicted molar refractivity (Wildman–Crippen MR) is 81.1 cm³/mol. The Labute approximate surface area is 121 Å². The Bertz CT molecular complexity index is 456. The van der Waals surface area contributed by atoms with Gasteiger partial charge in [-0.15, -0.1) is 0 Å². The summed E-state index contributed by atoms with van der Waals surface area (Å²) in [6, 6.07) is 6.40. The van der Waals surface area contributed by atoms with Crippen molar-refractivity contribution in [1.29, 1.82) is 0 Å². The van der Waals surface area contributed by atoms with Gasteiger partial charge >= 0.3 is 0 Å². The Morgan fingerprint density at radius 2 is 2.15 bits per heavy atom. The maximum atomic E-state index is 11.8. The summed E-state index contributed by atoms with van der Waals surface area (Å²) >= 11 is 0. The van der Waals surface area contributed by atoms with E-state index in [9.17, 15) is 4.79 Å². The minimum atomic E-state index is -0.0284. The lowest BCUT2D eigenvalue weighted by Gasteiger charge is -2.19. The molecule has 0 saturated carbocycles. The van der Waals surface area contributed by atoms with Crippen molar-refractivity contribution < 1.29 is 9.53 Å². The summed E-state index contributed by atoms with van der Waals surface area (Å²) in [5.41, 5.74) is 2.68. The van der Waals surface area contributed by atoms with Crippen LogP contribution >= 0.6 is 0 Å². The molecule has 0 fully saturated rings. The zero-order valence-electron chi connectivity index (χ0n) is 12.6. The molecule has 1 aromatic carbocycles. The number of ether oxygens (including phenoxy) is 1. The van der Waals surface area contributed by atoms with Crippen molar-refractivity contribution in [2.24, 2.45) is 0 Å². The molecule has 1 aliphatic carbocycles. The molecule has 1 aromatic rings. The number of aryl methyl sites for hydroxylation is 1. The van der Waals surface area contributed by atoms with Gasteiger partial charge < -0.3 is 10.1 Å². The van der Waals surface area contributed by atoms with Crippen molar-refractivity contribution >= 4 is 5.91 Å². The molecule has 0 radical (unpaired) electrons. The average molecular weight is 275 g/mol. The van der Waals surface area contributed by atoms with Gasteiger partial charge in [0.15, 0.2) is 6.61 Å². The SMILES string of the molecule is CCC[C@H](C)NC(=O)COc1cccc2c1CCCC2. The smallest absolute Gasteiger partial charge is 0.258 e. The Kier molecular flexibility index (Phi) is 5.45. The molecule has 2 rings (SSSR count). The molecule has 0 saturated heterocycles. The highest BCUT2D eigenvalue weighted by Crippen LogP contribution is 2.29. The Balaban J connectivity index is 1.89. The first-order valence-electron chi connectivity index (χ1n) is 7.73. The van der Waals surface area contributed by atoms with Crippen LogP contribution in [0.1, 0.15) is 50.7 Å². The lowest BCUT2D eigenvalue weighted by Crippen LogP contribution is -2.36. The molecule has 1 amide bonds. The molecule has 0 aliphatic heterocycles. The van der Waals surface area contributed by atoms with E-state index in [2.05, 4.69) is 18.3 Å². The van der Waals surface area contributed by atoms with E-state index in [1.54, 1.807) is 0 Å². The van der Waals surface area contributed by atoms with Gasteiger partial charge in [0.2, 0.25) is 0 Å². The van der Waals surface area contributed by atoms with Crippen LogP contribution in [0, 0.1) is 0 Å². The summed E-state index contributed by atoms with van der Waals surface area (Å²) < 4.78 is 5.73. The summed E-state index contributed by atoms with van der Waals surface area (Å²) in [4.78, 5) is 11.8. The largest absolute Gasteiger partial charge is 0.483 e. The lowest BCUT2D eigenvalue weighted by atomic mass is 9.91. The molecule has 1 aliphatic rings. The second kappa shape index (κ2) is 7.32. The molecular formula is C17H25NO2. The van der Waals surface area contributed by atoms with Crippen molar-refractivity contribution in [3.05, 3.63) is 29.3 Å². The molecule has 3 heteroatoms. The van der Waals surface area contributed by atoms with Gasteiger partial charge in [-0.1, -0.05) is 25.5 Å². The zero-order valence-corrected chi connectivity index (χ0v) is 12.6. The van der Waals surface area contributed by atoms with E-state index in [-0.39, 0.29) is 18.6 Å². The third-order valence-electron chi connectivity index (χ3n) is 3.84. The molecule has 0 unspecified atom stereocenters. The maximum Gasteiger partial charge on any atom is 0.258 e. The molecule has 1 atom stereocenters. The van der Waals surface area contributed by atoms with E-state index in [0.717, 1.165) is 31.4 Å². The number of carbonyl (C=O) groups excluding carboxylic acids is 1. The number of hydrogen-bond donors (Lipinski definition) is 1. The van der Waals surface area contributed by atoms with Crippen LogP contribution < -0.4 is 10.1 Å². The fourth-order valence-corrected chi connectivity index (χ4v) is 2.85. The highest BCUT2D eigenvalue weighted by Gasteiger charge is 2.15. The summed E-state index contributed by atoms with van der Waals surface area (Å²) in [5, 5.41) is 2.97. The average Bonchev–Trinajstić information content (AvgIpc) is 2.45. The molecule has 0 bridgehead atoms. The maximum absolute atomic E-state index is 11.8. The van der Waals surface area contributed by atoms with E-state index < -0.39 is 0 Å². The number of fused-ring (bicyclic) bond motifs is 1. The topological polar surface area (TPSA) is 38.3 Å². The number of nitrogens with one attached hydrogen (secondary N) is 1. The second-order valence-electron chi connectivity index (χ2n) is 5.65. The second-order valence-corrected chi connectivity index (χ2v) is 5.65. The van der Waals surface area contributed by atoms with Gasteiger partial charge in [-0.2, -0.15) is 0 Å². The fraction of sp³-hybridized carbons (Fsp3) is 0.588. The third kappa shape index (κ3) is 3.99. The van der Waals surface area contributed by atoms with Gasteiger partial charge in [-0.3, -0.25) is 4.79 Å². The summed E-state index contributed by atoms with van der Waals surface area (Å²) in [6.07, 6.45) is 6.76. The summed E-state index contributed by atoms with van der Waals surface area (Å²) in [7, 11) is 0. The van der Waals surface area contributed by atoms with Crippen LogP contribution in [0.2, 0.25) is 0 Å². The molecule has 110 valence electrons. The molecule has 0 heterocycles. The number of carbonyl (C=O) groups is 1. The van der Waals surface area contributed by atoms with Gasteiger partial charge in [0.1, 0.15) is 5.75 Å². The van der Waals surface area contributed by atoms with Crippen LogP contribution in [-0.4, -0.2) is 18.6 Å². The van der Waals surface area contributed by atoms with Crippen LogP contribution in [-0.2, 0) is 17.6 Å². The molecule has 20 heavy (non-hydrogen) atoms. The molecular weight excluding hydrogens is 250 g/mol. The van der Waals surface area contributed by atoms with Crippen LogP contribution in [0.25, 0.3) is 0 Å². The van der Waals surface area contributed by atoms with Gasteiger partial charge in [0, 0.05) is 6.04 Å². The normalized spacial score (nSPS) is 15.3. The van der Waals surface area contributed by atoms with E-state index >= 15 is 0 Å². The van der Waals surface area contributed by atoms with Crippen LogP contribution in [0.5, 0.6) is 5.75 Å². The van der Waals surface area contributed by atoms with Crippen molar-refractivity contribution in [3.8, 4) is 5.75 Å². The number of benzene rings is 1. The van der Waals surface area contributed by atoms with E-state index in [0.29, 0.717) is 0 Å². The van der Waals surface area contributed by atoms with Crippen molar-refractivity contribution in [1.82, 2.24) is 5.32 Å². The third-order valence-corrected chi connectivity index (χ3v) is 3.84. The van der Waals surface area contributed by atoms with Crippen molar-refractivity contribution in [3.63, 3.8) is 0 Å². The minimum Gasteiger partial charge on any atom is -0.483 e. The molecule has 0 spiro atoms. The van der Waals surface area contributed by atoms with Gasteiger partial charge in [0.05, 0.1) is 0 Å².